The first-order valence-electron chi connectivity index (χ1n) is 15.7. The Bertz CT molecular complexity index is 1500. The summed E-state index contributed by atoms with van der Waals surface area (Å²) in [6.07, 6.45) is 6.72. The van der Waals surface area contributed by atoms with Gasteiger partial charge in [0.15, 0.2) is 0 Å². The topological polar surface area (TPSA) is 96.0 Å². The second-order valence-corrected chi connectivity index (χ2v) is 13.4. The van der Waals surface area contributed by atoms with E-state index in [0.29, 0.717) is 30.0 Å². The Morgan fingerprint density at radius 2 is 1.60 bits per heavy atom. The maximum atomic E-state index is 14.1. The molecule has 3 aromatic rings. The molecule has 0 radical (unpaired) electrons. The highest BCUT2D eigenvalue weighted by atomic mass is 32.2. The molecule has 3 aromatic carbocycles. The lowest BCUT2D eigenvalue weighted by atomic mass is 9.94. The molecule has 0 saturated heterocycles. The molecule has 1 aliphatic rings. The van der Waals surface area contributed by atoms with Gasteiger partial charge in [-0.3, -0.25) is 13.9 Å². The third-order valence-corrected chi connectivity index (χ3v) is 9.25. The molecule has 0 bridgehead atoms. The SMILES string of the molecule is CCOc1ccccc1N(CCCC(=O)N(Cc1ccc(F)cc1)[C@@H](Cc1ccccc1)C(=O)NC1CCCCC1)S(C)(=O)=O. The van der Waals surface area contributed by atoms with E-state index < -0.39 is 16.1 Å². The predicted molar refractivity (Wildman–Crippen MR) is 175 cm³/mol. The van der Waals surface area contributed by atoms with Gasteiger partial charge in [0.2, 0.25) is 21.8 Å². The second kappa shape index (κ2) is 16.4. The number of benzene rings is 3. The minimum atomic E-state index is -3.69. The van der Waals surface area contributed by atoms with Gasteiger partial charge in [-0.1, -0.05) is 73.9 Å². The number of halogens is 1. The van der Waals surface area contributed by atoms with Crippen LogP contribution in [0, 0.1) is 5.82 Å². The van der Waals surface area contributed by atoms with Crippen molar-refractivity contribution in [3.05, 3.63) is 95.8 Å². The minimum Gasteiger partial charge on any atom is -0.492 e. The molecule has 242 valence electrons. The van der Waals surface area contributed by atoms with Crippen LogP contribution in [0.3, 0.4) is 0 Å². The summed E-state index contributed by atoms with van der Waals surface area (Å²) in [7, 11) is -3.69. The molecule has 0 spiro atoms. The van der Waals surface area contributed by atoms with Crippen molar-refractivity contribution in [2.75, 3.05) is 23.7 Å². The number of hydrogen-bond acceptors (Lipinski definition) is 5. The van der Waals surface area contributed by atoms with Crippen LogP contribution < -0.4 is 14.4 Å². The van der Waals surface area contributed by atoms with Gasteiger partial charge in [0, 0.05) is 32.0 Å². The Balaban J connectivity index is 1.59. The molecular weight excluding hydrogens is 593 g/mol. The van der Waals surface area contributed by atoms with E-state index in [-0.39, 0.29) is 49.6 Å². The number of rotatable bonds is 15. The van der Waals surface area contributed by atoms with Crippen LogP contribution in [0.2, 0.25) is 0 Å². The van der Waals surface area contributed by atoms with Crippen LogP contribution in [-0.2, 0) is 32.6 Å². The fraction of sp³-hybridized carbons (Fsp3) is 0.429. The predicted octanol–water partition coefficient (Wildman–Crippen LogP) is 5.86. The van der Waals surface area contributed by atoms with Crippen LogP contribution in [-0.4, -0.2) is 56.6 Å². The molecule has 45 heavy (non-hydrogen) atoms. The number of nitrogens with zero attached hydrogens (tertiary/aromatic N) is 2. The first-order valence-corrected chi connectivity index (χ1v) is 17.6. The number of amides is 2. The Kier molecular flexibility index (Phi) is 12.4. The maximum absolute atomic E-state index is 14.1. The highest BCUT2D eigenvalue weighted by Gasteiger charge is 2.32. The molecule has 4 rings (SSSR count). The minimum absolute atomic E-state index is 0.00597. The van der Waals surface area contributed by atoms with E-state index in [2.05, 4.69) is 5.32 Å². The summed E-state index contributed by atoms with van der Waals surface area (Å²) < 4.78 is 46.4. The number of nitrogens with one attached hydrogen (secondary N) is 1. The van der Waals surface area contributed by atoms with Crippen LogP contribution in [0.5, 0.6) is 5.75 Å². The average molecular weight is 638 g/mol. The highest BCUT2D eigenvalue weighted by Crippen LogP contribution is 2.30. The van der Waals surface area contributed by atoms with Crippen molar-refractivity contribution in [1.82, 2.24) is 10.2 Å². The number of hydrogen-bond donors (Lipinski definition) is 1. The van der Waals surface area contributed by atoms with Gasteiger partial charge in [0.05, 0.1) is 18.6 Å². The van der Waals surface area contributed by atoms with Gasteiger partial charge < -0.3 is 15.0 Å². The normalized spacial score (nSPS) is 14.4. The molecule has 1 N–H and O–H groups in total. The van der Waals surface area contributed by atoms with Crippen molar-refractivity contribution < 1.29 is 27.1 Å². The molecule has 1 fully saturated rings. The number of ether oxygens (including phenoxy) is 1. The van der Waals surface area contributed by atoms with E-state index in [9.17, 15) is 22.4 Å². The average Bonchev–Trinajstić information content (AvgIpc) is 3.03. The molecular formula is C35H44FN3O5S. The van der Waals surface area contributed by atoms with E-state index in [4.69, 9.17) is 4.74 Å². The monoisotopic (exact) mass is 637 g/mol. The zero-order valence-corrected chi connectivity index (χ0v) is 27.0. The van der Waals surface area contributed by atoms with Gasteiger partial charge in [-0.15, -0.1) is 0 Å². The molecule has 0 aromatic heterocycles. The standard InChI is InChI=1S/C35H44FN3O5S/c1-3-44-33-18-11-10-17-31(33)39(45(2,42)43)24-12-19-34(40)38(26-28-20-22-29(36)23-21-28)32(25-27-13-6-4-7-14-27)35(41)37-30-15-8-5-9-16-30/h4,6-7,10-11,13-14,17-18,20-23,30,32H,3,5,8-9,12,15-16,19,24-26H2,1-2H3,(H,37,41)/t32-/m0/s1. The van der Waals surface area contributed by atoms with Crippen LogP contribution in [0.15, 0.2) is 78.9 Å². The van der Waals surface area contributed by atoms with Crippen molar-refractivity contribution in [2.45, 2.75) is 76.9 Å². The lowest BCUT2D eigenvalue weighted by Crippen LogP contribution is -2.52. The number of carbonyl (C=O) groups is 2. The summed E-state index contributed by atoms with van der Waals surface area (Å²) >= 11 is 0. The van der Waals surface area contributed by atoms with Crippen LogP contribution in [0.1, 0.15) is 63.0 Å². The van der Waals surface area contributed by atoms with Crippen molar-refractivity contribution in [3.8, 4) is 5.75 Å². The molecule has 1 atom stereocenters. The molecule has 0 heterocycles. The molecule has 8 nitrogen and oxygen atoms in total. The molecule has 2 amide bonds. The molecule has 0 unspecified atom stereocenters. The van der Waals surface area contributed by atoms with Gasteiger partial charge in [0.1, 0.15) is 17.6 Å². The van der Waals surface area contributed by atoms with Gasteiger partial charge >= 0.3 is 0 Å². The van der Waals surface area contributed by atoms with Gasteiger partial charge in [0.25, 0.3) is 0 Å². The maximum Gasteiger partial charge on any atom is 0.243 e. The third-order valence-electron chi connectivity index (χ3n) is 8.07. The number of anilines is 1. The summed E-state index contributed by atoms with van der Waals surface area (Å²) in [5, 5.41) is 3.21. The first kappa shape index (κ1) is 34.0. The largest absolute Gasteiger partial charge is 0.492 e. The third kappa shape index (κ3) is 10.0. The lowest BCUT2D eigenvalue weighted by Gasteiger charge is -2.34. The van der Waals surface area contributed by atoms with Crippen molar-refractivity contribution in [1.29, 1.82) is 0 Å². The molecule has 1 aliphatic carbocycles. The van der Waals surface area contributed by atoms with Crippen LogP contribution in [0.4, 0.5) is 10.1 Å². The van der Waals surface area contributed by atoms with Crippen LogP contribution >= 0.6 is 0 Å². The molecule has 0 aliphatic heterocycles. The van der Waals surface area contributed by atoms with E-state index in [1.807, 2.05) is 37.3 Å². The number of sulfonamides is 1. The van der Waals surface area contributed by atoms with Gasteiger partial charge in [-0.05, 0) is 61.6 Å². The van der Waals surface area contributed by atoms with Gasteiger partial charge in [-0.2, -0.15) is 0 Å². The van der Waals surface area contributed by atoms with E-state index in [1.54, 1.807) is 41.3 Å². The van der Waals surface area contributed by atoms with E-state index in [0.717, 1.165) is 43.9 Å². The molecule has 1 saturated carbocycles. The highest BCUT2D eigenvalue weighted by molar-refractivity contribution is 7.92. The zero-order chi connectivity index (χ0) is 32.2. The van der Waals surface area contributed by atoms with Crippen LogP contribution in [0.25, 0.3) is 0 Å². The fourth-order valence-electron chi connectivity index (χ4n) is 5.81. The number of carbonyl (C=O) groups excluding carboxylic acids is 2. The van der Waals surface area contributed by atoms with Crippen molar-refractivity contribution >= 4 is 27.5 Å². The Morgan fingerprint density at radius 1 is 0.933 bits per heavy atom. The van der Waals surface area contributed by atoms with Crippen molar-refractivity contribution in [3.63, 3.8) is 0 Å². The first-order chi connectivity index (χ1) is 21.7. The Hall–Kier alpha value is -3.92. The Labute approximate surface area is 266 Å². The quantitative estimate of drug-likeness (QED) is 0.225. The fourth-order valence-corrected chi connectivity index (χ4v) is 6.78. The smallest absolute Gasteiger partial charge is 0.243 e. The molecule has 10 heteroatoms. The van der Waals surface area contributed by atoms with E-state index >= 15 is 0 Å². The summed E-state index contributed by atoms with van der Waals surface area (Å²) in [5.41, 5.74) is 2.01. The summed E-state index contributed by atoms with van der Waals surface area (Å²) in [6, 6.07) is 21.6. The zero-order valence-electron chi connectivity index (χ0n) is 26.2. The van der Waals surface area contributed by atoms with Gasteiger partial charge in [-0.25, -0.2) is 12.8 Å². The Morgan fingerprint density at radius 3 is 2.27 bits per heavy atom. The van der Waals surface area contributed by atoms with E-state index in [1.165, 1.54) is 16.4 Å². The lowest BCUT2D eigenvalue weighted by molar-refractivity contribution is -0.141. The summed E-state index contributed by atoms with van der Waals surface area (Å²) in [4.78, 5) is 29.6. The number of para-hydroxylation sites is 2. The second-order valence-electron chi connectivity index (χ2n) is 11.5. The summed E-state index contributed by atoms with van der Waals surface area (Å²) in [6.45, 7) is 2.36. The summed E-state index contributed by atoms with van der Waals surface area (Å²) in [5.74, 6) is -0.451. The van der Waals surface area contributed by atoms with Crippen molar-refractivity contribution in [2.24, 2.45) is 0 Å².